The summed E-state index contributed by atoms with van der Waals surface area (Å²) in [5.74, 6) is -0.953. The van der Waals surface area contributed by atoms with E-state index in [1.165, 1.54) is 0 Å². The minimum absolute atomic E-state index is 0.0532. The summed E-state index contributed by atoms with van der Waals surface area (Å²) in [5, 5.41) is 8.88. The van der Waals surface area contributed by atoms with E-state index >= 15 is 0 Å². The van der Waals surface area contributed by atoms with E-state index in [9.17, 15) is 4.79 Å². The molecule has 1 aromatic heterocycles. The van der Waals surface area contributed by atoms with Gasteiger partial charge in [-0.25, -0.2) is 9.78 Å². The molecule has 1 heterocycles. The van der Waals surface area contributed by atoms with Gasteiger partial charge in [-0.2, -0.15) is 0 Å². The van der Waals surface area contributed by atoms with Crippen LogP contribution in [0.4, 0.5) is 5.82 Å². The van der Waals surface area contributed by atoms with Crippen molar-refractivity contribution in [3.8, 4) is 0 Å². The van der Waals surface area contributed by atoms with Crippen molar-refractivity contribution in [1.29, 1.82) is 0 Å². The molecular formula is C7H6BrClN2O2. The number of carboxylic acid groups (broad SMARTS) is 1. The summed E-state index contributed by atoms with van der Waals surface area (Å²) in [6.45, 7) is 1.58. The van der Waals surface area contributed by atoms with Gasteiger partial charge < -0.3 is 10.8 Å². The number of carboxylic acids is 1. The number of hydrogen-bond acceptors (Lipinski definition) is 3. The quantitative estimate of drug-likeness (QED) is 0.762. The lowest BCUT2D eigenvalue weighted by Gasteiger charge is -2.07. The standard InChI is InChI=1S/C7H6BrClN2O2/c1-2-3(7(12)13)4(8)5(9)11-6(2)10/h1H3,(H2,10,11)(H,12,13). The van der Waals surface area contributed by atoms with Gasteiger partial charge in [-0.1, -0.05) is 11.6 Å². The molecule has 0 aliphatic heterocycles. The Bertz CT molecular complexity index is 355. The van der Waals surface area contributed by atoms with Crippen LogP contribution in [0.25, 0.3) is 0 Å². The summed E-state index contributed by atoms with van der Waals surface area (Å²) in [6.07, 6.45) is 0. The molecule has 0 atom stereocenters. The van der Waals surface area contributed by atoms with Gasteiger partial charge in [0.05, 0.1) is 10.0 Å². The van der Waals surface area contributed by atoms with Crippen molar-refractivity contribution < 1.29 is 9.90 Å². The molecule has 6 heteroatoms. The fourth-order valence-corrected chi connectivity index (χ4v) is 1.63. The van der Waals surface area contributed by atoms with E-state index in [0.29, 0.717) is 5.56 Å². The molecule has 70 valence electrons. The van der Waals surface area contributed by atoms with Crippen LogP contribution < -0.4 is 5.73 Å². The number of aromatic nitrogens is 1. The Morgan fingerprint density at radius 2 is 2.23 bits per heavy atom. The van der Waals surface area contributed by atoms with Gasteiger partial charge in [-0.05, 0) is 22.9 Å². The molecule has 0 saturated heterocycles. The Hall–Kier alpha value is -0.810. The number of carbonyl (C=O) groups is 1. The fourth-order valence-electron chi connectivity index (χ4n) is 0.889. The maximum Gasteiger partial charge on any atom is 0.337 e. The molecule has 0 aromatic carbocycles. The van der Waals surface area contributed by atoms with Gasteiger partial charge in [-0.15, -0.1) is 0 Å². The van der Waals surface area contributed by atoms with Crippen molar-refractivity contribution in [2.24, 2.45) is 0 Å². The van der Waals surface area contributed by atoms with Crippen LogP contribution >= 0.6 is 27.5 Å². The van der Waals surface area contributed by atoms with E-state index in [-0.39, 0.29) is 21.0 Å². The molecule has 13 heavy (non-hydrogen) atoms. The van der Waals surface area contributed by atoms with E-state index in [1.807, 2.05) is 0 Å². The van der Waals surface area contributed by atoms with Crippen LogP contribution in [0.5, 0.6) is 0 Å². The third-order valence-electron chi connectivity index (χ3n) is 1.59. The number of pyridine rings is 1. The topological polar surface area (TPSA) is 76.2 Å². The Labute approximate surface area is 87.8 Å². The Kier molecular flexibility index (Phi) is 2.77. The van der Waals surface area contributed by atoms with Crippen molar-refractivity contribution in [3.63, 3.8) is 0 Å². The average molecular weight is 265 g/mol. The highest BCUT2D eigenvalue weighted by Crippen LogP contribution is 2.29. The summed E-state index contributed by atoms with van der Waals surface area (Å²) in [4.78, 5) is 14.5. The van der Waals surface area contributed by atoms with Gasteiger partial charge in [-0.3, -0.25) is 0 Å². The van der Waals surface area contributed by atoms with Crippen LogP contribution in [0.1, 0.15) is 15.9 Å². The smallest absolute Gasteiger partial charge is 0.337 e. The largest absolute Gasteiger partial charge is 0.478 e. The summed E-state index contributed by atoms with van der Waals surface area (Å²) in [5.41, 5.74) is 5.91. The maximum absolute atomic E-state index is 10.8. The lowest BCUT2D eigenvalue weighted by atomic mass is 10.1. The van der Waals surface area contributed by atoms with E-state index in [1.54, 1.807) is 6.92 Å². The van der Waals surface area contributed by atoms with Crippen LogP contribution in [-0.2, 0) is 0 Å². The Morgan fingerprint density at radius 1 is 1.69 bits per heavy atom. The molecule has 0 spiro atoms. The zero-order chi connectivity index (χ0) is 10.2. The molecule has 0 amide bonds. The molecule has 1 rings (SSSR count). The normalized spacial score (nSPS) is 10.1. The molecule has 3 N–H and O–H groups in total. The molecule has 4 nitrogen and oxygen atoms in total. The monoisotopic (exact) mass is 264 g/mol. The second kappa shape index (κ2) is 3.51. The number of rotatable bonds is 1. The van der Waals surface area contributed by atoms with Crippen molar-refractivity contribution >= 4 is 39.3 Å². The minimum Gasteiger partial charge on any atom is -0.478 e. The molecule has 0 radical (unpaired) electrons. The first-order valence-electron chi connectivity index (χ1n) is 3.29. The second-order valence-electron chi connectivity index (χ2n) is 2.41. The van der Waals surface area contributed by atoms with Gasteiger partial charge in [0.2, 0.25) is 0 Å². The second-order valence-corrected chi connectivity index (χ2v) is 3.56. The highest BCUT2D eigenvalue weighted by Gasteiger charge is 2.17. The van der Waals surface area contributed by atoms with Gasteiger partial charge in [0.1, 0.15) is 11.0 Å². The summed E-state index contributed by atoms with van der Waals surface area (Å²) >= 11 is 8.67. The van der Waals surface area contributed by atoms with Crippen LogP contribution in [0.2, 0.25) is 5.15 Å². The molecule has 0 bridgehead atoms. The molecule has 1 aromatic rings. The van der Waals surface area contributed by atoms with Crippen LogP contribution in [0.15, 0.2) is 4.47 Å². The first-order chi connectivity index (χ1) is 5.95. The molecule has 0 fully saturated rings. The first-order valence-corrected chi connectivity index (χ1v) is 4.46. The summed E-state index contributed by atoms with van der Waals surface area (Å²) < 4.78 is 0.258. The zero-order valence-electron chi connectivity index (χ0n) is 6.64. The Morgan fingerprint density at radius 3 is 2.69 bits per heavy atom. The number of nitrogens with two attached hydrogens (primary N) is 1. The highest BCUT2D eigenvalue weighted by atomic mass is 79.9. The number of anilines is 1. The fraction of sp³-hybridized carbons (Fsp3) is 0.143. The SMILES string of the molecule is Cc1c(N)nc(Cl)c(Br)c1C(=O)O. The van der Waals surface area contributed by atoms with E-state index < -0.39 is 5.97 Å². The molecular weight excluding hydrogens is 259 g/mol. The number of nitrogen functional groups attached to an aromatic ring is 1. The van der Waals surface area contributed by atoms with E-state index in [0.717, 1.165) is 0 Å². The van der Waals surface area contributed by atoms with Crippen molar-refractivity contribution in [2.45, 2.75) is 6.92 Å². The number of halogens is 2. The van der Waals surface area contributed by atoms with Crippen LogP contribution in [-0.4, -0.2) is 16.1 Å². The maximum atomic E-state index is 10.8. The third-order valence-corrected chi connectivity index (χ3v) is 2.87. The number of hydrogen-bond donors (Lipinski definition) is 2. The zero-order valence-corrected chi connectivity index (χ0v) is 8.98. The average Bonchev–Trinajstić information content (AvgIpc) is 2.01. The lowest BCUT2D eigenvalue weighted by Crippen LogP contribution is -2.06. The molecule has 0 aliphatic rings. The highest BCUT2D eigenvalue weighted by molar-refractivity contribution is 9.10. The number of aromatic carboxylic acids is 1. The predicted octanol–water partition coefficient (Wildman–Crippen LogP) is 2.09. The van der Waals surface area contributed by atoms with Crippen LogP contribution in [0, 0.1) is 6.92 Å². The summed E-state index contributed by atoms with van der Waals surface area (Å²) in [6, 6.07) is 0. The molecule has 0 saturated carbocycles. The van der Waals surface area contributed by atoms with Gasteiger partial charge in [0.25, 0.3) is 0 Å². The molecule has 0 unspecified atom stereocenters. The first kappa shape index (κ1) is 10.3. The van der Waals surface area contributed by atoms with Gasteiger partial charge in [0.15, 0.2) is 0 Å². The predicted molar refractivity (Wildman–Crippen MR) is 53.1 cm³/mol. The minimum atomic E-state index is -1.08. The molecule has 0 aliphatic carbocycles. The Balaban J connectivity index is 3.56. The summed E-state index contributed by atoms with van der Waals surface area (Å²) in [7, 11) is 0. The number of nitrogens with zero attached hydrogens (tertiary/aromatic N) is 1. The van der Waals surface area contributed by atoms with E-state index in [2.05, 4.69) is 20.9 Å². The van der Waals surface area contributed by atoms with E-state index in [4.69, 9.17) is 22.4 Å². The van der Waals surface area contributed by atoms with Crippen molar-refractivity contribution in [1.82, 2.24) is 4.98 Å². The van der Waals surface area contributed by atoms with Gasteiger partial charge >= 0.3 is 5.97 Å². The van der Waals surface area contributed by atoms with Crippen LogP contribution in [0.3, 0.4) is 0 Å². The van der Waals surface area contributed by atoms with Crippen molar-refractivity contribution in [2.75, 3.05) is 5.73 Å². The third kappa shape index (κ3) is 1.76. The van der Waals surface area contributed by atoms with Gasteiger partial charge in [0, 0.05) is 5.56 Å². The van der Waals surface area contributed by atoms with Crippen molar-refractivity contribution in [3.05, 3.63) is 20.8 Å². The lowest BCUT2D eigenvalue weighted by molar-refractivity contribution is 0.0695.